The van der Waals surface area contributed by atoms with Crippen molar-refractivity contribution in [3.05, 3.63) is 35.4 Å². The van der Waals surface area contributed by atoms with Gasteiger partial charge >= 0.3 is 0 Å². The van der Waals surface area contributed by atoms with E-state index < -0.39 is 0 Å². The van der Waals surface area contributed by atoms with Crippen LogP contribution in [0.3, 0.4) is 0 Å². The number of hydrogen-bond acceptors (Lipinski definition) is 2. The molecule has 0 atom stereocenters. The van der Waals surface area contributed by atoms with Crippen molar-refractivity contribution in [3.8, 4) is 0 Å². The molecular formula is C13H19NO. The number of hydrogen-bond donors (Lipinski definition) is 1. The van der Waals surface area contributed by atoms with Crippen LogP contribution in [0.2, 0.25) is 0 Å². The molecule has 1 aromatic carbocycles. The van der Waals surface area contributed by atoms with Crippen LogP contribution in [-0.2, 0) is 10.2 Å². The van der Waals surface area contributed by atoms with Gasteiger partial charge in [-0.3, -0.25) is 0 Å². The molecule has 2 heteroatoms. The minimum atomic E-state index is 0.226. The lowest BCUT2D eigenvalue weighted by Gasteiger charge is -2.43. The molecular weight excluding hydrogens is 186 g/mol. The second-order valence-corrected chi connectivity index (χ2v) is 4.39. The first-order valence-corrected chi connectivity index (χ1v) is 5.62. The SMILES string of the molecule is CCOCC1(c2ccc(C)cc2)CNC1. The van der Waals surface area contributed by atoms with Crippen molar-refractivity contribution in [3.63, 3.8) is 0 Å². The van der Waals surface area contributed by atoms with Crippen molar-refractivity contribution in [2.45, 2.75) is 19.3 Å². The largest absolute Gasteiger partial charge is 0.381 e. The van der Waals surface area contributed by atoms with Gasteiger partial charge in [-0.1, -0.05) is 29.8 Å². The lowest BCUT2D eigenvalue weighted by Crippen LogP contribution is -2.59. The summed E-state index contributed by atoms with van der Waals surface area (Å²) in [4.78, 5) is 0. The van der Waals surface area contributed by atoms with E-state index in [1.165, 1.54) is 11.1 Å². The molecule has 1 N–H and O–H groups in total. The molecule has 0 unspecified atom stereocenters. The molecule has 1 saturated heterocycles. The van der Waals surface area contributed by atoms with Crippen molar-refractivity contribution in [1.82, 2.24) is 5.32 Å². The Labute approximate surface area is 91.6 Å². The maximum absolute atomic E-state index is 5.59. The standard InChI is InChI=1S/C13H19NO/c1-3-15-10-13(8-14-9-13)12-6-4-11(2)5-7-12/h4-7,14H,3,8-10H2,1-2H3. The van der Waals surface area contributed by atoms with Crippen LogP contribution in [0.4, 0.5) is 0 Å². The fourth-order valence-electron chi connectivity index (χ4n) is 2.02. The maximum Gasteiger partial charge on any atom is 0.0587 e. The molecule has 1 fully saturated rings. The molecule has 0 saturated carbocycles. The first kappa shape index (κ1) is 10.7. The smallest absolute Gasteiger partial charge is 0.0587 e. The molecule has 82 valence electrons. The first-order valence-electron chi connectivity index (χ1n) is 5.62. The summed E-state index contributed by atoms with van der Waals surface area (Å²) in [6.45, 7) is 7.88. The molecule has 0 bridgehead atoms. The summed E-state index contributed by atoms with van der Waals surface area (Å²) in [5, 5.41) is 3.34. The Morgan fingerprint density at radius 1 is 1.27 bits per heavy atom. The summed E-state index contributed by atoms with van der Waals surface area (Å²) in [5.74, 6) is 0. The van der Waals surface area contributed by atoms with E-state index in [-0.39, 0.29) is 5.41 Å². The maximum atomic E-state index is 5.59. The number of rotatable bonds is 4. The van der Waals surface area contributed by atoms with E-state index >= 15 is 0 Å². The van der Waals surface area contributed by atoms with Crippen molar-refractivity contribution in [1.29, 1.82) is 0 Å². The Morgan fingerprint density at radius 2 is 1.93 bits per heavy atom. The highest BCUT2D eigenvalue weighted by atomic mass is 16.5. The molecule has 0 radical (unpaired) electrons. The van der Waals surface area contributed by atoms with Crippen LogP contribution in [0.15, 0.2) is 24.3 Å². The van der Waals surface area contributed by atoms with Crippen molar-refractivity contribution >= 4 is 0 Å². The molecule has 0 aliphatic carbocycles. The van der Waals surface area contributed by atoms with Crippen LogP contribution in [0.25, 0.3) is 0 Å². The molecule has 0 spiro atoms. The number of ether oxygens (including phenoxy) is 1. The third-order valence-corrected chi connectivity index (χ3v) is 3.17. The fraction of sp³-hybridized carbons (Fsp3) is 0.538. The van der Waals surface area contributed by atoms with Gasteiger partial charge in [0.2, 0.25) is 0 Å². The van der Waals surface area contributed by atoms with Crippen LogP contribution < -0.4 is 5.32 Å². The Hall–Kier alpha value is -0.860. The van der Waals surface area contributed by atoms with E-state index in [4.69, 9.17) is 4.74 Å². The van der Waals surface area contributed by atoms with Crippen LogP contribution in [-0.4, -0.2) is 26.3 Å². The monoisotopic (exact) mass is 205 g/mol. The molecule has 2 rings (SSSR count). The van der Waals surface area contributed by atoms with E-state index in [0.717, 1.165) is 26.3 Å². The lowest BCUT2D eigenvalue weighted by molar-refractivity contribution is 0.0651. The predicted molar refractivity (Wildman–Crippen MR) is 62.2 cm³/mol. The topological polar surface area (TPSA) is 21.3 Å². The molecule has 0 amide bonds. The van der Waals surface area contributed by atoms with Crippen LogP contribution in [0, 0.1) is 6.92 Å². The van der Waals surface area contributed by atoms with Gasteiger partial charge in [-0.05, 0) is 19.4 Å². The van der Waals surface area contributed by atoms with E-state index in [9.17, 15) is 0 Å². The summed E-state index contributed by atoms with van der Waals surface area (Å²) in [6.07, 6.45) is 0. The number of benzene rings is 1. The molecule has 1 heterocycles. The third-order valence-electron chi connectivity index (χ3n) is 3.17. The molecule has 2 nitrogen and oxygen atoms in total. The molecule has 0 aromatic heterocycles. The quantitative estimate of drug-likeness (QED) is 0.810. The summed E-state index contributed by atoms with van der Waals surface area (Å²) in [7, 11) is 0. The van der Waals surface area contributed by atoms with Gasteiger partial charge in [-0.25, -0.2) is 0 Å². The van der Waals surface area contributed by atoms with E-state index in [2.05, 4.69) is 43.4 Å². The first-order chi connectivity index (χ1) is 7.27. The second kappa shape index (κ2) is 4.33. The van der Waals surface area contributed by atoms with Crippen LogP contribution in [0.5, 0.6) is 0 Å². The van der Waals surface area contributed by atoms with Gasteiger partial charge in [0.05, 0.1) is 6.61 Å². The van der Waals surface area contributed by atoms with Crippen LogP contribution >= 0.6 is 0 Å². The average molecular weight is 205 g/mol. The van der Waals surface area contributed by atoms with Gasteiger partial charge in [0.25, 0.3) is 0 Å². The van der Waals surface area contributed by atoms with Crippen molar-refractivity contribution in [2.75, 3.05) is 26.3 Å². The molecule has 1 aliphatic rings. The summed E-state index contributed by atoms with van der Waals surface area (Å²) in [5.41, 5.74) is 2.95. The summed E-state index contributed by atoms with van der Waals surface area (Å²) < 4.78 is 5.59. The van der Waals surface area contributed by atoms with Gasteiger partial charge in [-0.2, -0.15) is 0 Å². The number of nitrogens with one attached hydrogen (secondary N) is 1. The van der Waals surface area contributed by atoms with Gasteiger partial charge in [-0.15, -0.1) is 0 Å². The molecule has 1 aromatic rings. The molecule has 1 aliphatic heterocycles. The fourth-order valence-corrected chi connectivity index (χ4v) is 2.02. The van der Waals surface area contributed by atoms with Crippen LogP contribution in [0.1, 0.15) is 18.1 Å². The second-order valence-electron chi connectivity index (χ2n) is 4.39. The summed E-state index contributed by atoms with van der Waals surface area (Å²) >= 11 is 0. The zero-order chi connectivity index (χ0) is 10.7. The number of aryl methyl sites for hydroxylation is 1. The van der Waals surface area contributed by atoms with Gasteiger partial charge in [0.15, 0.2) is 0 Å². The summed E-state index contributed by atoms with van der Waals surface area (Å²) in [6, 6.07) is 8.83. The third kappa shape index (κ3) is 2.06. The van der Waals surface area contributed by atoms with E-state index in [1.54, 1.807) is 0 Å². The average Bonchev–Trinajstić information content (AvgIpc) is 2.19. The zero-order valence-electron chi connectivity index (χ0n) is 9.55. The van der Waals surface area contributed by atoms with Crippen molar-refractivity contribution < 1.29 is 4.74 Å². The Kier molecular flexibility index (Phi) is 3.08. The zero-order valence-corrected chi connectivity index (χ0v) is 9.55. The lowest BCUT2D eigenvalue weighted by atomic mass is 9.76. The van der Waals surface area contributed by atoms with Gasteiger partial charge in [0.1, 0.15) is 0 Å². The minimum Gasteiger partial charge on any atom is -0.381 e. The minimum absolute atomic E-state index is 0.226. The Balaban J connectivity index is 2.14. The Bertz CT molecular complexity index is 314. The predicted octanol–water partition coefficient (Wildman–Crippen LogP) is 1.87. The molecule has 15 heavy (non-hydrogen) atoms. The van der Waals surface area contributed by atoms with E-state index in [0.29, 0.717) is 0 Å². The highest BCUT2D eigenvalue weighted by molar-refractivity contribution is 5.32. The van der Waals surface area contributed by atoms with Gasteiger partial charge in [0, 0.05) is 25.1 Å². The highest BCUT2D eigenvalue weighted by Crippen LogP contribution is 2.29. The highest BCUT2D eigenvalue weighted by Gasteiger charge is 2.38. The van der Waals surface area contributed by atoms with Gasteiger partial charge < -0.3 is 10.1 Å². The normalized spacial score (nSPS) is 18.5. The Morgan fingerprint density at radius 3 is 2.40 bits per heavy atom. The van der Waals surface area contributed by atoms with E-state index in [1.807, 2.05) is 0 Å². The van der Waals surface area contributed by atoms with Crippen molar-refractivity contribution in [2.24, 2.45) is 0 Å².